The van der Waals surface area contributed by atoms with E-state index in [-0.39, 0.29) is 11.8 Å². The predicted octanol–water partition coefficient (Wildman–Crippen LogP) is 0.277. The summed E-state index contributed by atoms with van der Waals surface area (Å²) in [4.78, 5) is 24.3. The first kappa shape index (κ1) is 9.65. The molecule has 0 atom stereocenters. The summed E-state index contributed by atoms with van der Waals surface area (Å²) >= 11 is 0. The average molecular weight is 196 g/mol. The molecule has 0 unspecified atom stereocenters. The number of carbonyl (C=O) groups excluding carboxylic acids is 2. The van der Waals surface area contributed by atoms with Gasteiger partial charge in [0, 0.05) is 6.04 Å². The molecule has 1 saturated heterocycles. The third-order valence-corrected chi connectivity index (χ3v) is 3.06. The molecule has 1 aliphatic heterocycles. The van der Waals surface area contributed by atoms with E-state index >= 15 is 0 Å². The minimum Gasteiger partial charge on any atom is -0.294 e. The van der Waals surface area contributed by atoms with Gasteiger partial charge in [0.25, 0.3) is 0 Å². The van der Waals surface area contributed by atoms with Crippen LogP contribution >= 0.6 is 0 Å². The maximum Gasteiger partial charge on any atom is 0.240 e. The molecule has 4 nitrogen and oxygen atoms in total. The van der Waals surface area contributed by atoms with Gasteiger partial charge in [-0.25, -0.2) is 0 Å². The van der Waals surface area contributed by atoms with Gasteiger partial charge in [-0.3, -0.25) is 19.8 Å². The van der Waals surface area contributed by atoms with Gasteiger partial charge in [-0.2, -0.15) is 0 Å². The SMILES string of the molecule is O=C1CN(C2CCCCC2)CC(=O)N1. The van der Waals surface area contributed by atoms with Gasteiger partial charge in [0.2, 0.25) is 11.8 Å². The molecular formula is C10H16N2O2. The first-order chi connectivity index (χ1) is 6.75. The largest absolute Gasteiger partial charge is 0.294 e. The van der Waals surface area contributed by atoms with Gasteiger partial charge in [0.05, 0.1) is 13.1 Å². The quantitative estimate of drug-likeness (QED) is 0.613. The Labute approximate surface area is 83.6 Å². The Morgan fingerprint density at radius 3 is 2.14 bits per heavy atom. The van der Waals surface area contributed by atoms with Crippen LogP contribution in [0, 0.1) is 0 Å². The Kier molecular flexibility index (Phi) is 2.82. The van der Waals surface area contributed by atoms with E-state index in [0.29, 0.717) is 19.1 Å². The molecule has 0 spiro atoms. The number of imide groups is 1. The van der Waals surface area contributed by atoms with Crippen LogP contribution in [0.3, 0.4) is 0 Å². The van der Waals surface area contributed by atoms with E-state index in [2.05, 4.69) is 5.32 Å². The molecule has 0 radical (unpaired) electrons. The van der Waals surface area contributed by atoms with Crippen molar-refractivity contribution < 1.29 is 9.59 Å². The van der Waals surface area contributed by atoms with E-state index in [0.717, 1.165) is 12.8 Å². The molecule has 0 bridgehead atoms. The first-order valence-electron chi connectivity index (χ1n) is 5.32. The van der Waals surface area contributed by atoms with Crippen LogP contribution in [-0.2, 0) is 9.59 Å². The van der Waals surface area contributed by atoms with Crippen molar-refractivity contribution >= 4 is 11.8 Å². The van der Waals surface area contributed by atoms with Crippen molar-refractivity contribution in [3.8, 4) is 0 Å². The van der Waals surface area contributed by atoms with Crippen LogP contribution in [0.4, 0.5) is 0 Å². The van der Waals surface area contributed by atoms with E-state index in [1.807, 2.05) is 4.90 Å². The summed E-state index contributed by atoms with van der Waals surface area (Å²) in [5.41, 5.74) is 0. The van der Waals surface area contributed by atoms with Crippen LogP contribution in [0.15, 0.2) is 0 Å². The second-order valence-corrected chi connectivity index (χ2v) is 4.17. The summed E-state index contributed by atoms with van der Waals surface area (Å²) in [6.07, 6.45) is 6.04. The fourth-order valence-corrected chi connectivity index (χ4v) is 2.36. The molecule has 0 aromatic rings. The number of nitrogens with one attached hydrogen (secondary N) is 1. The zero-order valence-electron chi connectivity index (χ0n) is 8.29. The number of amides is 2. The Balaban J connectivity index is 1.95. The predicted molar refractivity (Wildman–Crippen MR) is 51.6 cm³/mol. The monoisotopic (exact) mass is 196 g/mol. The molecule has 2 amide bonds. The van der Waals surface area contributed by atoms with E-state index < -0.39 is 0 Å². The zero-order valence-corrected chi connectivity index (χ0v) is 8.29. The van der Waals surface area contributed by atoms with Crippen LogP contribution in [0.5, 0.6) is 0 Å². The molecular weight excluding hydrogens is 180 g/mol. The van der Waals surface area contributed by atoms with E-state index in [1.54, 1.807) is 0 Å². The maximum absolute atomic E-state index is 11.2. The number of nitrogens with zero attached hydrogens (tertiary/aromatic N) is 1. The standard InChI is InChI=1S/C10H16N2O2/c13-9-6-12(7-10(14)11-9)8-4-2-1-3-5-8/h8H,1-7H2,(H,11,13,14). The van der Waals surface area contributed by atoms with Crippen LogP contribution in [0.2, 0.25) is 0 Å². The summed E-state index contributed by atoms with van der Waals surface area (Å²) in [5, 5.41) is 2.33. The van der Waals surface area contributed by atoms with Crippen LogP contribution in [0.25, 0.3) is 0 Å². The number of carbonyl (C=O) groups is 2. The lowest BCUT2D eigenvalue weighted by Crippen LogP contribution is -2.54. The van der Waals surface area contributed by atoms with Crippen molar-refractivity contribution in [3.05, 3.63) is 0 Å². The fraction of sp³-hybridized carbons (Fsp3) is 0.800. The highest BCUT2D eigenvalue weighted by Crippen LogP contribution is 2.22. The Morgan fingerprint density at radius 1 is 1.00 bits per heavy atom. The van der Waals surface area contributed by atoms with Gasteiger partial charge in [-0.1, -0.05) is 19.3 Å². The molecule has 1 N–H and O–H groups in total. The minimum absolute atomic E-state index is 0.146. The van der Waals surface area contributed by atoms with Crippen molar-refractivity contribution in [2.45, 2.75) is 38.1 Å². The molecule has 0 aromatic heterocycles. The van der Waals surface area contributed by atoms with Crippen molar-refractivity contribution in [1.29, 1.82) is 0 Å². The highest BCUT2D eigenvalue weighted by atomic mass is 16.2. The molecule has 2 aliphatic rings. The van der Waals surface area contributed by atoms with Gasteiger partial charge in [0.1, 0.15) is 0 Å². The Bertz CT molecular complexity index is 231. The summed E-state index contributed by atoms with van der Waals surface area (Å²) in [5.74, 6) is -0.293. The molecule has 14 heavy (non-hydrogen) atoms. The highest BCUT2D eigenvalue weighted by molar-refractivity contribution is 5.99. The molecule has 4 heteroatoms. The third-order valence-electron chi connectivity index (χ3n) is 3.06. The number of hydrogen-bond donors (Lipinski definition) is 1. The molecule has 2 rings (SSSR count). The van der Waals surface area contributed by atoms with Gasteiger partial charge >= 0.3 is 0 Å². The molecule has 2 fully saturated rings. The van der Waals surface area contributed by atoms with Crippen molar-refractivity contribution in [1.82, 2.24) is 10.2 Å². The topological polar surface area (TPSA) is 49.4 Å². The van der Waals surface area contributed by atoms with Crippen LogP contribution in [0.1, 0.15) is 32.1 Å². The second kappa shape index (κ2) is 4.09. The molecule has 1 aliphatic carbocycles. The summed E-state index contributed by atoms with van der Waals surface area (Å²) < 4.78 is 0. The van der Waals surface area contributed by atoms with Gasteiger partial charge in [0.15, 0.2) is 0 Å². The number of piperazine rings is 1. The molecule has 1 heterocycles. The number of hydrogen-bond acceptors (Lipinski definition) is 3. The molecule has 0 aromatic carbocycles. The zero-order chi connectivity index (χ0) is 9.97. The Hall–Kier alpha value is -0.900. The highest BCUT2D eigenvalue weighted by Gasteiger charge is 2.28. The normalized spacial score (nSPS) is 26.3. The Morgan fingerprint density at radius 2 is 1.57 bits per heavy atom. The van der Waals surface area contributed by atoms with Gasteiger partial charge in [-0.05, 0) is 12.8 Å². The lowest BCUT2D eigenvalue weighted by atomic mass is 9.94. The van der Waals surface area contributed by atoms with E-state index in [1.165, 1.54) is 19.3 Å². The maximum atomic E-state index is 11.2. The molecule has 1 saturated carbocycles. The van der Waals surface area contributed by atoms with Gasteiger partial charge in [-0.15, -0.1) is 0 Å². The van der Waals surface area contributed by atoms with Crippen LogP contribution in [-0.4, -0.2) is 35.8 Å². The van der Waals surface area contributed by atoms with Crippen LogP contribution < -0.4 is 5.32 Å². The lowest BCUT2D eigenvalue weighted by Gasteiger charge is -2.35. The third kappa shape index (κ3) is 2.12. The van der Waals surface area contributed by atoms with E-state index in [9.17, 15) is 9.59 Å². The smallest absolute Gasteiger partial charge is 0.240 e. The summed E-state index contributed by atoms with van der Waals surface area (Å²) in [7, 11) is 0. The minimum atomic E-state index is -0.146. The van der Waals surface area contributed by atoms with Crippen molar-refractivity contribution in [2.75, 3.05) is 13.1 Å². The fourth-order valence-electron chi connectivity index (χ4n) is 2.36. The van der Waals surface area contributed by atoms with Crippen molar-refractivity contribution in [2.24, 2.45) is 0 Å². The molecule has 78 valence electrons. The number of rotatable bonds is 1. The summed E-state index contributed by atoms with van der Waals surface area (Å²) in [6.45, 7) is 0.798. The summed E-state index contributed by atoms with van der Waals surface area (Å²) in [6, 6.07) is 0.457. The van der Waals surface area contributed by atoms with Gasteiger partial charge < -0.3 is 0 Å². The average Bonchev–Trinajstić information content (AvgIpc) is 2.18. The lowest BCUT2D eigenvalue weighted by molar-refractivity contribution is -0.137. The van der Waals surface area contributed by atoms with Crippen molar-refractivity contribution in [3.63, 3.8) is 0 Å². The second-order valence-electron chi connectivity index (χ2n) is 4.17. The van der Waals surface area contributed by atoms with E-state index in [4.69, 9.17) is 0 Å². The first-order valence-corrected chi connectivity index (χ1v) is 5.32.